The van der Waals surface area contributed by atoms with Gasteiger partial charge in [-0.05, 0) is 122 Å². The van der Waals surface area contributed by atoms with Crippen molar-refractivity contribution in [2.24, 2.45) is 0 Å². The normalized spacial score (nSPS) is 13.8. The molecule has 0 N–H and O–H groups in total. The van der Waals surface area contributed by atoms with E-state index in [4.69, 9.17) is 0 Å². The fourth-order valence-electron chi connectivity index (χ4n) is 12.8. The van der Waals surface area contributed by atoms with Crippen LogP contribution in [0, 0.1) is 0 Å². The fraction of sp³-hybridized carbons (Fsp3) is 0. The Morgan fingerprint density at radius 1 is 0.278 bits per heavy atom. The zero-order chi connectivity index (χ0) is 47.3. The third-order valence-electron chi connectivity index (χ3n) is 15.6. The van der Waals surface area contributed by atoms with Crippen molar-refractivity contribution in [1.29, 1.82) is 0 Å². The van der Waals surface area contributed by atoms with Gasteiger partial charge < -0.3 is 19.3 Å². The molecule has 336 valence electrons. The van der Waals surface area contributed by atoms with Crippen LogP contribution in [0.15, 0.2) is 273 Å². The van der Waals surface area contributed by atoms with Gasteiger partial charge in [0.25, 0.3) is 6.71 Å². The molecule has 3 aliphatic heterocycles. The first-order valence-corrected chi connectivity index (χ1v) is 27.0. The number of benzene rings is 11. The molecule has 1 aromatic heterocycles. The second kappa shape index (κ2) is 16.0. The van der Waals surface area contributed by atoms with Crippen LogP contribution < -0.4 is 51.8 Å². The van der Waals surface area contributed by atoms with Gasteiger partial charge in [0.15, 0.2) is 8.07 Å². The Kier molecular flexibility index (Phi) is 9.04. The number of rotatable bonds is 6. The molecule has 0 bridgehead atoms. The lowest BCUT2D eigenvalue weighted by Gasteiger charge is -2.46. The van der Waals surface area contributed by atoms with Gasteiger partial charge >= 0.3 is 0 Å². The summed E-state index contributed by atoms with van der Waals surface area (Å²) in [6, 6.07) is 102. The van der Waals surface area contributed by atoms with E-state index in [1.807, 2.05) is 0 Å². The molecule has 0 spiro atoms. The van der Waals surface area contributed by atoms with Crippen molar-refractivity contribution in [3.8, 4) is 5.69 Å². The SMILES string of the molecule is c1ccc(N2c3cc(N4c5ccccc5[Si](c5ccccc5)(c5ccccc5)c5ccccc54)ccc3B3c4ccc(-n5c6ccccc6c6ccccc65)cc4N(c4ccccc4)c4cccc2c43)cc1. The minimum absolute atomic E-state index is 0.0421. The molecule has 4 nitrogen and oxygen atoms in total. The van der Waals surface area contributed by atoms with Crippen LogP contribution in [-0.4, -0.2) is 19.4 Å². The van der Waals surface area contributed by atoms with E-state index >= 15 is 0 Å². The lowest BCUT2D eigenvalue weighted by Crippen LogP contribution is -2.77. The van der Waals surface area contributed by atoms with Gasteiger partial charge in [-0.15, -0.1) is 0 Å². The third kappa shape index (κ3) is 5.75. The van der Waals surface area contributed by atoms with E-state index < -0.39 is 8.07 Å². The van der Waals surface area contributed by atoms with Gasteiger partial charge in [0.2, 0.25) is 0 Å². The van der Waals surface area contributed by atoms with E-state index in [0.717, 1.165) is 22.7 Å². The molecule has 12 aromatic rings. The Morgan fingerprint density at radius 2 is 0.667 bits per heavy atom. The topological polar surface area (TPSA) is 14.7 Å². The Morgan fingerprint density at radius 3 is 1.18 bits per heavy atom. The predicted octanol–water partition coefficient (Wildman–Crippen LogP) is 12.0. The largest absolute Gasteiger partial charge is 0.311 e. The zero-order valence-corrected chi connectivity index (χ0v) is 40.3. The standard InChI is InChI=1S/C66H45BN4Si/c1-5-22-46(23-6-1)68-60-36-21-37-61-66(60)67(54-42-40-48(44-62(54)68)70-56-32-15-13-30-52(56)53-31-14-16-33-57(53)70)55-43-41-49(45-63(55)69(61)47-24-7-2-8-25-47)71-58-34-17-19-38-64(58)72(50-26-9-3-10-27-50,51-28-11-4-12-29-51)65-39-20-18-35-59(65)71/h1-45H. The molecule has 0 saturated carbocycles. The molecule has 0 amide bonds. The molecule has 0 radical (unpaired) electrons. The summed E-state index contributed by atoms with van der Waals surface area (Å²) in [6.07, 6.45) is 0. The van der Waals surface area contributed by atoms with Gasteiger partial charge in [0.1, 0.15) is 0 Å². The van der Waals surface area contributed by atoms with Gasteiger partial charge in [-0.2, -0.15) is 0 Å². The summed E-state index contributed by atoms with van der Waals surface area (Å²) in [6.45, 7) is -0.0421. The molecule has 0 atom stereocenters. The Labute approximate surface area is 420 Å². The molecule has 11 aromatic carbocycles. The molecule has 0 aliphatic carbocycles. The first-order chi connectivity index (χ1) is 35.8. The highest BCUT2D eigenvalue weighted by molar-refractivity contribution is 7.21. The quantitative estimate of drug-likeness (QED) is 0.154. The van der Waals surface area contributed by atoms with E-state index in [0.29, 0.717) is 0 Å². The number of fused-ring (bicyclic) bond motifs is 9. The summed E-state index contributed by atoms with van der Waals surface area (Å²) >= 11 is 0. The lowest BCUT2D eigenvalue weighted by molar-refractivity contribution is 1.17. The molecule has 0 unspecified atom stereocenters. The molecular formula is C66H45BN4Si. The van der Waals surface area contributed by atoms with Crippen LogP contribution in [0.3, 0.4) is 0 Å². The summed E-state index contributed by atoms with van der Waals surface area (Å²) in [7, 11) is -2.80. The van der Waals surface area contributed by atoms with Gasteiger partial charge in [-0.3, -0.25) is 0 Å². The van der Waals surface area contributed by atoms with Crippen molar-refractivity contribution in [2.45, 2.75) is 0 Å². The number of hydrogen-bond donors (Lipinski definition) is 0. The zero-order valence-electron chi connectivity index (χ0n) is 39.3. The summed E-state index contributed by atoms with van der Waals surface area (Å²) in [5.74, 6) is 0. The highest BCUT2D eigenvalue weighted by Gasteiger charge is 2.49. The number of aromatic nitrogens is 1. The molecule has 4 heterocycles. The van der Waals surface area contributed by atoms with E-state index in [1.165, 1.54) is 93.1 Å². The van der Waals surface area contributed by atoms with Crippen LogP contribution in [0.4, 0.5) is 51.2 Å². The molecule has 6 heteroatoms. The monoisotopic (exact) mass is 932 g/mol. The number of nitrogens with zero attached hydrogens (tertiary/aromatic N) is 4. The summed E-state index contributed by atoms with van der Waals surface area (Å²) in [5, 5.41) is 8.04. The number of para-hydroxylation sites is 6. The number of anilines is 9. The highest BCUT2D eigenvalue weighted by Crippen LogP contribution is 2.47. The van der Waals surface area contributed by atoms with E-state index in [1.54, 1.807) is 0 Å². The maximum Gasteiger partial charge on any atom is 0.252 e. The number of hydrogen-bond acceptors (Lipinski definition) is 3. The van der Waals surface area contributed by atoms with E-state index in [2.05, 4.69) is 292 Å². The Bertz CT molecular complexity index is 3940. The predicted molar refractivity (Wildman–Crippen MR) is 307 cm³/mol. The first kappa shape index (κ1) is 40.8. The second-order valence-electron chi connectivity index (χ2n) is 19.2. The molecule has 3 aliphatic rings. The smallest absolute Gasteiger partial charge is 0.252 e. The summed E-state index contributed by atoms with van der Waals surface area (Å²) < 4.78 is 2.44. The van der Waals surface area contributed by atoms with E-state index in [9.17, 15) is 0 Å². The van der Waals surface area contributed by atoms with Crippen molar-refractivity contribution in [2.75, 3.05) is 14.7 Å². The van der Waals surface area contributed by atoms with Gasteiger partial charge in [-0.1, -0.05) is 188 Å². The van der Waals surface area contributed by atoms with Crippen molar-refractivity contribution < 1.29 is 0 Å². The first-order valence-electron chi connectivity index (χ1n) is 25.0. The average Bonchev–Trinajstić information content (AvgIpc) is 3.80. The molecule has 72 heavy (non-hydrogen) atoms. The molecule has 0 fully saturated rings. The van der Waals surface area contributed by atoms with Crippen LogP contribution in [0.1, 0.15) is 0 Å². The maximum absolute atomic E-state index is 2.80. The Hall–Kier alpha value is -9.10. The summed E-state index contributed by atoms with van der Waals surface area (Å²) in [4.78, 5) is 7.56. The maximum atomic E-state index is 2.54. The van der Waals surface area contributed by atoms with Crippen LogP contribution in [0.5, 0.6) is 0 Å². The molecule has 15 rings (SSSR count). The van der Waals surface area contributed by atoms with Gasteiger partial charge in [0.05, 0.1) is 11.0 Å². The van der Waals surface area contributed by atoms with Gasteiger partial charge in [-0.25, -0.2) is 0 Å². The Balaban J connectivity index is 0.978. The van der Waals surface area contributed by atoms with Crippen molar-refractivity contribution in [3.63, 3.8) is 0 Å². The van der Waals surface area contributed by atoms with Crippen LogP contribution in [0.25, 0.3) is 27.5 Å². The highest BCUT2D eigenvalue weighted by atomic mass is 28.3. The van der Waals surface area contributed by atoms with Crippen LogP contribution in [0.2, 0.25) is 0 Å². The minimum Gasteiger partial charge on any atom is -0.311 e. The molecule has 0 saturated heterocycles. The third-order valence-corrected chi connectivity index (χ3v) is 20.5. The van der Waals surface area contributed by atoms with Crippen molar-refractivity contribution in [3.05, 3.63) is 273 Å². The average molecular weight is 933 g/mol. The van der Waals surface area contributed by atoms with Crippen molar-refractivity contribution in [1.82, 2.24) is 4.57 Å². The minimum atomic E-state index is -2.80. The second-order valence-corrected chi connectivity index (χ2v) is 22.9. The van der Waals surface area contributed by atoms with Crippen molar-refractivity contribution >= 4 is 125 Å². The van der Waals surface area contributed by atoms with E-state index in [-0.39, 0.29) is 6.71 Å². The lowest BCUT2D eigenvalue weighted by atomic mass is 9.33. The fourth-order valence-corrected chi connectivity index (χ4v) is 17.9. The van der Waals surface area contributed by atoms with Gasteiger partial charge in [0, 0.05) is 67.6 Å². The van der Waals surface area contributed by atoms with Crippen LogP contribution in [-0.2, 0) is 0 Å². The van der Waals surface area contributed by atoms with Crippen LogP contribution >= 0.6 is 0 Å². The summed E-state index contributed by atoms with van der Waals surface area (Å²) in [5.41, 5.74) is 17.9. The molecular weight excluding hydrogens is 888 g/mol.